The monoisotopic (exact) mass is 184 g/mol. The Morgan fingerprint density at radius 3 is 2.08 bits per heavy atom. The third kappa shape index (κ3) is 3.92. The van der Waals surface area contributed by atoms with Crippen LogP contribution in [0.1, 0.15) is 40.0 Å². The standard InChI is InChI=1S/C11H20O2/c1-4-5-6-11-12-9(2)7-8-10(3)13-11/h7-11H,4-6H2,1-3H3. The van der Waals surface area contributed by atoms with Crippen molar-refractivity contribution >= 4 is 0 Å². The molecule has 1 rings (SSSR count). The predicted molar refractivity (Wildman–Crippen MR) is 53.5 cm³/mol. The molecule has 76 valence electrons. The Kier molecular flexibility index (Phi) is 4.46. The summed E-state index contributed by atoms with van der Waals surface area (Å²) < 4.78 is 11.3. The van der Waals surface area contributed by atoms with Gasteiger partial charge in [0.2, 0.25) is 0 Å². The molecule has 2 unspecified atom stereocenters. The highest BCUT2D eigenvalue weighted by molar-refractivity contribution is 4.93. The molecular weight excluding hydrogens is 164 g/mol. The van der Waals surface area contributed by atoms with Gasteiger partial charge in [-0.15, -0.1) is 0 Å². The van der Waals surface area contributed by atoms with Crippen molar-refractivity contribution in [3.63, 3.8) is 0 Å². The molecule has 0 aliphatic carbocycles. The largest absolute Gasteiger partial charge is 0.346 e. The Morgan fingerprint density at radius 2 is 1.62 bits per heavy atom. The van der Waals surface area contributed by atoms with Crippen LogP contribution in [0.3, 0.4) is 0 Å². The molecule has 0 aromatic carbocycles. The zero-order valence-corrected chi connectivity index (χ0v) is 8.82. The fraction of sp³-hybridized carbons (Fsp3) is 0.818. The van der Waals surface area contributed by atoms with Gasteiger partial charge in [-0.2, -0.15) is 0 Å². The summed E-state index contributed by atoms with van der Waals surface area (Å²) in [5, 5.41) is 0. The van der Waals surface area contributed by atoms with Crippen molar-refractivity contribution in [1.29, 1.82) is 0 Å². The van der Waals surface area contributed by atoms with Crippen molar-refractivity contribution in [2.24, 2.45) is 0 Å². The molecule has 2 nitrogen and oxygen atoms in total. The molecule has 1 heterocycles. The van der Waals surface area contributed by atoms with Gasteiger partial charge in [0.15, 0.2) is 6.29 Å². The van der Waals surface area contributed by atoms with Gasteiger partial charge in [0, 0.05) is 0 Å². The maximum atomic E-state index is 5.67. The van der Waals surface area contributed by atoms with Crippen LogP contribution in [0.4, 0.5) is 0 Å². The maximum Gasteiger partial charge on any atom is 0.159 e. The highest BCUT2D eigenvalue weighted by Gasteiger charge is 2.17. The van der Waals surface area contributed by atoms with Crippen LogP contribution in [0.15, 0.2) is 12.2 Å². The summed E-state index contributed by atoms with van der Waals surface area (Å²) in [5.74, 6) is 0. The number of ether oxygens (including phenoxy) is 2. The van der Waals surface area contributed by atoms with Crippen molar-refractivity contribution in [2.75, 3.05) is 0 Å². The van der Waals surface area contributed by atoms with E-state index in [-0.39, 0.29) is 18.5 Å². The summed E-state index contributed by atoms with van der Waals surface area (Å²) in [5.41, 5.74) is 0. The lowest BCUT2D eigenvalue weighted by Crippen LogP contribution is -2.22. The Balaban J connectivity index is 2.38. The molecule has 1 aliphatic rings. The summed E-state index contributed by atoms with van der Waals surface area (Å²) >= 11 is 0. The molecule has 13 heavy (non-hydrogen) atoms. The number of hydrogen-bond donors (Lipinski definition) is 0. The summed E-state index contributed by atoms with van der Waals surface area (Å²) in [6.45, 7) is 6.29. The molecule has 0 N–H and O–H groups in total. The molecule has 0 amide bonds. The van der Waals surface area contributed by atoms with Gasteiger partial charge in [-0.25, -0.2) is 0 Å². The van der Waals surface area contributed by atoms with Crippen LogP contribution in [-0.4, -0.2) is 18.5 Å². The van der Waals surface area contributed by atoms with Gasteiger partial charge < -0.3 is 9.47 Å². The molecule has 0 spiro atoms. The first-order valence-corrected chi connectivity index (χ1v) is 5.21. The predicted octanol–water partition coefficient (Wildman–Crippen LogP) is 2.88. The minimum atomic E-state index is -0.0139. The molecule has 0 radical (unpaired) electrons. The van der Waals surface area contributed by atoms with Crippen molar-refractivity contribution in [3.8, 4) is 0 Å². The van der Waals surface area contributed by atoms with Gasteiger partial charge in [0.05, 0.1) is 12.2 Å². The van der Waals surface area contributed by atoms with Crippen molar-refractivity contribution in [2.45, 2.75) is 58.5 Å². The van der Waals surface area contributed by atoms with E-state index in [9.17, 15) is 0 Å². The lowest BCUT2D eigenvalue weighted by atomic mass is 10.2. The molecule has 0 saturated carbocycles. The van der Waals surface area contributed by atoms with Crippen LogP contribution in [0.2, 0.25) is 0 Å². The maximum absolute atomic E-state index is 5.67. The normalized spacial score (nSPS) is 34.5. The van der Waals surface area contributed by atoms with Crippen LogP contribution in [-0.2, 0) is 9.47 Å². The molecule has 0 bridgehead atoms. The van der Waals surface area contributed by atoms with E-state index in [4.69, 9.17) is 9.47 Å². The Hall–Kier alpha value is -0.340. The van der Waals surface area contributed by atoms with Crippen LogP contribution in [0.25, 0.3) is 0 Å². The highest BCUT2D eigenvalue weighted by Crippen LogP contribution is 2.16. The second kappa shape index (κ2) is 5.40. The summed E-state index contributed by atoms with van der Waals surface area (Å²) in [7, 11) is 0. The van der Waals surface area contributed by atoms with E-state index in [1.165, 1.54) is 12.8 Å². The lowest BCUT2D eigenvalue weighted by molar-refractivity contribution is -0.166. The van der Waals surface area contributed by atoms with Gasteiger partial charge >= 0.3 is 0 Å². The van der Waals surface area contributed by atoms with Crippen molar-refractivity contribution in [1.82, 2.24) is 0 Å². The Bertz CT molecular complexity index is 151. The van der Waals surface area contributed by atoms with Gasteiger partial charge in [-0.1, -0.05) is 25.5 Å². The van der Waals surface area contributed by atoms with Gasteiger partial charge in [-0.05, 0) is 26.7 Å². The molecule has 1 aliphatic heterocycles. The third-order valence-electron chi connectivity index (χ3n) is 2.18. The number of hydrogen-bond acceptors (Lipinski definition) is 2. The molecule has 0 fully saturated rings. The van der Waals surface area contributed by atoms with E-state index >= 15 is 0 Å². The zero-order chi connectivity index (χ0) is 9.68. The van der Waals surface area contributed by atoms with Gasteiger partial charge in [-0.3, -0.25) is 0 Å². The van der Waals surface area contributed by atoms with E-state index in [0.717, 1.165) is 6.42 Å². The summed E-state index contributed by atoms with van der Waals surface area (Å²) in [6.07, 6.45) is 7.86. The lowest BCUT2D eigenvalue weighted by Gasteiger charge is -2.20. The Morgan fingerprint density at radius 1 is 1.08 bits per heavy atom. The van der Waals surface area contributed by atoms with Crippen molar-refractivity contribution < 1.29 is 9.47 Å². The first-order valence-electron chi connectivity index (χ1n) is 5.21. The molecule has 0 aromatic heterocycles. The number of rotatable bonds is 3. The quantitative estimate of drug-likeness (QED) is 0.628. The van der Waals surface area contributed by atoms with Gasteiger partial charge in [0.1, 0.15) is 0 Å². The second-order valence-corrected chi connectivity index (χ2v) is 3.64. The average Bonchev–Trinajstić information content (AvgIpc) is 2.25. The fourth-order valence-corrected chi connectivity index (χ4v) is 1.42. The van der Waals surface area contributed by atoms with E-state index < -0.39 is 0 Å². The summed E-state index contributed by atoms with van der Waals surface area (Å²) in [6, 6.07) is 0. The van der Waals surface area contributed by atoms with Crippen molar-refractivity contribution in [3.05, 3.63) is 12.2 Å². The smallest absolute Gasteiger partial charge is 0.159 e. The molecule has 2 heteroatoms. The topological polar surface area (TPSA) is 18.5 Å². The molecular formula is C11H20O2. The van der Waals surface area contributed by atoms with Crippen LogP contribution in [0, 0.1) is 0 Å². The molecule has 2 atom stereocenters. The first-order chi connectivity index (χ1) is 6.22. The number of unbranched alkanes of at least 4 members (excludes halogenated alkanes) is 1. The van der Waals surface area contributed by atoms with Crippen LogP contribution in [0.5, 0.6) is 0 Å². The van der Waals surface area contributed by atoms with Crippen LogP contribution >= 0.6 is 0 Å². The molecule has 0 saturated heterocycles. The summed E-state index contributed by atoms with van der Waals surface area (Å²) in [4.78, 5) is 0. The van der Waals surface area contributed by atoms with E-state index in [1.54, 1.807) is 0 Å². The minimum absolute atomic E-state index is 0.0139. The van der Waals surface area contributed by atoms with Crippen LogP contribution < -0.4 is 0 Å². The van der Waals surface area contributed by atoms with E-state index in [1.807, 2.05) is 0 Å². The van der Waals surface area contributed by atoms with E-state index in [0.29, 0.717) is 0 Å². The highest BCUT2D eigenvalue weighted by atomic mass is 16.7. The SMILES string of the molecule is CCCCC1OC(C)C=CC(C)O1. The Labute approximate surface area is 80.9 Å². The zero-order valence-electron chi connectivity index (χ0n) is 8.82. The fourth-order valence-electron chi connectivity index (χ4n) is 1.42. The average molecular weight is 184 g/mol. The first kappa shape index (κ1) is 10.7. The molecule has 0 aromatic rings. The van der Waals surface area contributed by atoms with E-state index in [2.05, 4.69) is 32.9 Å². The van der Waals surface area contributed by atoms with Gasteiger partial charge in [0.25, 0.3) is 0 Å². The third-order valence-corrected chi connectivity index (χ3v) is 2.18. The minimum Gasteiger partial charge on any atom is -0.346 e. The second-order valence-electron chi connectivity index (χ2n) is 3.64.